The number of benzene rings is 1. The Bertz CT molecular complexity index is 732. The van der Waals surface area contributed by atoms with Gasteiger partial charge in [0.2, 0.25) is 6.29 Å². The zero-order valence-corrected chi connectivity index (χ0v) is 17.0. The van der Waals surface area contributed by atoms with Crippen molar-refractivity contribution in [1.29, 1.82) is 0 Å². The summed E-state index contributed by atoms with van der Waals surface area (Å²) in [4.78, 5) is 0. The van der Waals surface area contributed by atoms with Gasteiger partial charge >= 0.3 is 0 Å². The number of hydrogen-bond donors (Lipinski definition) is 6. The Balaban J connectivity index is 1.67. The molecule has 3 rings (SSSR count). The van der Waals surface area contributed by atoms with E-state index in [1.165, 1.54) is 20.3 Å². The predicted molar refractivity (Wildman–Crippen MR) is 101 cm³/mol. The second-order valence-electron chi connectivity index (χ2n) is 7.37. The van der Waals surface area contributed by atoms with E-state index in [0.29, 0.717) is 5.75 Å². The van der Waals surface area contributed by atoms with Gasteiger partial charge in [-0.25, -0.2) is 0 Å². The van der Waals surface area contributed by atoms with Crippen LogP contribution in [0.2, 0.25) is 0 Å². The molecule has 8 atom stereocenters. The molecule has 0 amide bonds. The first kappa shape index (κ1) is 23.9. The Kier molecular flexibility index (Phi) is 7.57. The van der Waals surface area contributed by atoms with E-state index < -0.39 is 55.3 Å². The maximum Gasteiger partial charge on any atom is 0.229 e. The molecule has 0 aromatic heterocycles. The van der Waals surface area contributed by atoms with Crippen molar-refractivity contribution in [2.75, 3.05) is 34.0 Å². The smallest absolute Gasteiger partial charge is 0.229 e. The van der Waals surface area contributed by atoms with Gasteiger partial charge < -0.3 is 59.1 Å². The summed E-state index contributed by atoms with van der Waals surface area (Å²) in [5, 5.41) is 60.0. The summed E-state index contributed by atoms with van der Waals surface area (Å²) in [5.41, 5.74) is -1.87. The van der Waals surface area contributed by atoms with E-state index in [4.69, 9.17) is 28.4 Å². The predicted octanol–water partition coefficient (Wildman–Crippen LogP) is -2.65. The van der Waals surface area contributed by atoms with Crippen LogP contribution in [0.1, 0.15) is 0 Å². The third-order valence-corrected chi connectivity index (χ3v) is 5.29. The highest BCUT2D eigenvalue weighted by Gasteiger charge is 2.50. The molecule has 2 fully saturated rings. The largest absolute Gasteiger partial charge is 0.497 e. The zero-order chi connectivity index (χ0) is 22.8. The van der Waals surface area contributed by atoms with Crippen molar-refractivity contribution >= 4 is 0 Å². The summed E-state index contributed by atoms with van der Waals surface area (Å²) in [6, 6.07) is 4.67. The zero-order valence-electron chi connectivity index (χ0n) is 17.0. The molecular formula is C19H28O12. The van der Waals surface area contributed by atoms with Gasteiger partial charge in [-0.2, -0.15) is 0 Å². The van der Waals surface area contributed by atoms with E-state index >= 15 is 0 Å². The molecule has 0 aliphatic carbocycles. The molecule has 12 nitrogen and oxygen atoms in total. The van der Waals surface area contributed by atoms with Gasteiger partial charge in [0.05, 0.1) is 34.0 Å². The maximum absolute atomic E-state index is 10.3. The molecule has 6 N–H and O–H groups in total. The molecule has 2 saturated heterocycles. The average molecular weight is 448 g/mol. The molecule has 0 saturated carbocycles. The summed E-state index contributed by atoms with van der Waals surface area (Å²) in [6.07, 6.45) is -10.2. The second kappa shape index (κ2) is 9.81. The Hall–Kier alpha value is -1.74. The fourth-order valence-corrected chi connectivity index (χ4v) is 3.27. The third-order valence-electron chi connectivity index (χ3n) is 5.29. The van der Waals surface area contributed by atoms with Crippen LogP contribution in [0.15, 0.2) is 18.2 Å². The highest BCUT2D eigenvalue weighted by molar-refractivity contribution is 5.45. The van der Waals surface area contributed by atoms with Crippen LogP contribution in [0.5, 0.6) is 17.2 Å². The van der Waals surface area contributed by atoms with E-state index in [9.17, 15) is 30.6 Å². The lowest BCUT2D eigenvalue weighted by Crippen LogP contribution is -2.60. The fourth-order valence-electron chi connectivity index (χ4n) is 3.27. The minimum Gasteiger partial charge on any atom is -0.497 e. The van der Waals surface area contributed by atoms with Gasteiger partial charge in [0.15, 0.2) is 17.8 Å². The van der Waals surface area contributed by atoms with Crippen molar-refractivity contribution in [3.63, 3.8) is 0 Å². The third kappa shape index (κ3) is 4.87. The van der Waals surface area contributed by atoms with Crippen LogP contribution in [0, 0.1) is 0 Å². The van der Waals surface area contributed by atoms with Crippen LogP contribution >= 0.6 is 0 Å². The lowest BCUT2D eigenvalue weighted by atomic mass is 9.99. The maximum atomic E-state index is 10.3. The molecule has 12 heteroatoms. The molecule has 2 aliphatic rings. The first-order valence-corrected chi connectivity index (χ1v) is 9.57. The molecule has 0 bridgehead atoms. The number of ether oxygens (including phenoxy) is 6. The van der Waals surface area contributed by atoms with Crippen molar-refractivity contribution in [2.24, 2.45) is 0 Å². The molecule has 0 spiro atoms. The monoisotopic (exact) mass is 448 g/mol. The van der Waals surface area contributed by atoms with Crippen molar-refractivity contribution in [3.05, 3.63) is 18.2 Å². The molecule has 8 unspecified atom stereocenters. The Morgan fingerprint density at radius 3 is 2.35 bits per heavy atom. The molecule has 1 aromatic rings. The molecular weight excluding hydrogens is 420 g/mol. The van der Waals surface area contributed by atoms with Crippen LogP contribution in [0.4, 0.5) is 0 Å². The van der Waals surface area contributed by atoms with Crippen molar-refractivity contribution in [3.8, 4) is 17.2 Å². The Morgan fingerprint density at radius 1 is 1.00 bits per heavy atom. The second-order valence-corrected chi connectivity index (χ2v) is 7.37. The summed E-state index contributed by atoms with van der Waals surface area (Å²) in [5.74, 6) is 0.987. The van der Waals surface area contributed by atoms with Crippen LogP contribution in [-0.4, -0.2) is 113 Å². The lowest BCUT2D eigenvalue weighted by molar-refractivity contribution is -0.289. The van der Waals surface area contributed by atoms with Crippen LogP contribution < -0.4 is 14.2 Å². The van der Waals surface area contributed by atoms with Gasteiger partial charge in [0.25, 0.3) is 0 Å². The van der Waals surface area contributed by atoms with Gasteiger partial charge in [-0.1, -0.05) is 0 Å². The number of rotatable bonds is 8. The number of aliphatic hydroxyl groups excluding tert-OH is 5. The Morgan fingerprint density at radius 2 is 1.74 bits per heavy atom. The summed E-state index contributed by atoms with van der Waals surface area (Å²) in [6.45, 7) is -1.47. The minimum atomic E-state index is -1.87. The van der Waals surface area contributed by atoms with E-state index in [1.54, 1.807) is 12.1 Å². The van der Waals surface area contributed by atoms with E-state index in [-0.39, 0.29) is 24.7 Å². The first-order valence-electron chi connectivity index (χ1n) is 9.57. The molecule has 1 aromatic carbocycles. The van der Waals surface area contributed by atoms with Crippen LogP contribution in [0.25, 0.3) is 0 Å². The normalized spacial score (nSPS) is 38.1. The van der Waals surface area contributed by atoms with E-state index in [0.717, 1.165) is 0 Å². The Labute approximate surface area is 178 Å². The lowest BCUT2D eigenvalue weighted by Gasteiger charge is -2.40. The van der Waals surface area contributed by atoms with Gasteiger partial charge in [0, 0.05) is 6.07 Å². The SMILES string of the molecule is COc1ccc(OC2OC(COC3OCC(O)(CO)C3O)C(O)C(O)C2O)c(OC)c1. The first-order chi connectivity index (χ1) is 14.7. The molecule has 176 valence electrons. The standard InChI is InChI=1S/C19H28O12/c1-26-9-3-4-10(11(5-9)27-2)30-17-15(23)14(22)13(21)12(31-17)6-28-18-16(24)19(25,7-20)8-29-18/h3-5,12-18,20-25H,6-8H2,1-2H3. The summed E-state index contributed by atoms with van der Waals surface area (Å²) >= 11 is 0. The summed E-state index contributed by atoms with van der Waals surface area (Å²) in [7, 11) is 2.90. The topological polar surface area (TPSA) is 177 Å². The van der Waals surface area contributed by atoms with Crippen LogP contribution in [0.3, 0.4) is 0 Å². The van der Waals surface area contributed by atoms with Crippen LogP contribution in [-0.2, 0) is 14.2 Å². The quantitative estimate of drug-likeness (QED) is 0.244. The average Bonchev–Trinajstić information content (AvgIpc) is 3.07. The minimum absolute atomic E-state index is 0.193. The van der Waals surface area contributed by atoms with Gasteiger partial charge in [-0.05, 0) is 12.1 Å². The highest BCUT2D eigenvalue weighted by Crippen LogP contribution is 2.34. The van der Waals surface area contributed by atoms with Crippen molar-refractivity contribution in [1.82, 2.24) is 0 Å². The van der Waals surface area contributed by atoms with E-state index in [1.807, 2.05) is 0 Å². The van der Waals surface area contributed by atoms with Crippen molar-refractivity contribution < 1.29 is 59.1 Å². The fraction of sp³-hybridized carbons (Fsp3) is 0.684. The number of hydrogen-bond acceptors (Lipinski definition) is 12. The van der Waals surface area contributed by atoms with Crippen molar-refractivity contribution in [2.45, 2.75) is 48.7 Å². The highest BCUT2D eigenvalue weighted by atomic mass is 16.7. The molecule has 0 radical (unpaired) electrons. The molecule has 2 aliphatic heterocycles. The summed E-state index contributed by atoms with van der Waals surface area (Å²) < 4.78 is 32.1. The van der Waals surface area contributed by atoms with Gasteiger partial charge in [-0.15, -0.1) is 0 Å². The number of methoxy groups -OCH3 is 2. The van der Waals surface area contributed by atoms with Gasteiger partial charge in [-0.3, -0.25) is 0 Å². The molecule has 31 heavy (non-hydrogen) atoms. The molecule has 2 heterocycles. The number of aliphatic hydroxyl groups is 6. The van der Waals surface area contributed by atoms with Gasteiger partial charge in [0.1, 0.15) is 41.9 Å². The van der Waals surface area contributed by atoms with E-state index in [2.05, 4.69) is 0 Å².